The second kappa shape index (κ2) is 5.74. The molecule has 0 aromatic rings. The van der Waals surface area contributed by atoms with E-state index < -0.39 is 11.7 Å². The van der Waals surface area contributed by atoms with Crippen molar-refractivity contribution in [1.29, 1.82) is 0 Å². The molecule has 18 heavy (non-hydrogen) atoms. The minimum atomic E-state index is -0.659. The van der Waals surface area contributed by atoms with Gasteiger partial charge in [-0.15, -0.1) is 0 Å². The van der Waals surface area contributed by atoms with Gasteiger partial charge in [-0.1, -0.05) is 26.0 Å². The van der Waals surface area contributed by atoms with E-state index >= 15 is 0 Å². The van der Waals surface area contributed by atoms with Gasteiger partial charge < -0.3 is 4.74 Å². The van der Waals surface area contributed by atoms with Gasteiger partial charge in [0, 0.05) is 5.92 Å². The molecular formula is C14H25NO3. The Hall–Kier alpha value is -1.03. The maximum atomic E-state index is 11.9. The molecule has 0 saturated carbocycles. The predicted molar refractivity (Wildman–Crippen MR) is 70.3 cm³/mol. The number of hydrogen-bond acceptors (Lipinski definition) is 3. The molecule has 1 N–H and O–H groups in total. The van der Waals surface area contributed by atoms with Gasteiger partial charge in [0.15, 0.2) is 0 Å². The number of carbonyl (C=O) groups excluding carboxylic acids is 1. The lowest BCUT2D eigenvalue weighted by Crippen LogP contribution is -2.46. The zero-order chi connectivity index (χ0) is 13.9. The summed E-state index contributed by atoms with van der Waals surface area (Å²) in [5.74, 6) is 0.555. The van der Waals surface area contributed by atoms with Gasteiger partial charge in [-0.25, -0.2) is 4.79 Å². The molecule has 0 heterocycles. The molecule has 0 unspecified atom stereocenters. The van der Waals surface area contributed by atoms with Gasteiger partial charge in [0.2, 0.25) is 0 Å². The first-order valence-electron chi connectivity index (χ1n) is 6.60. The van der Waals surface area contributed by atoms with E-state index in [1.165, 1.54) is 0 Å². The Labute approximate surface area is 110 Å². The van der Waals surface area contributed by atoms with Crippen molar-refractivity contribution < 1.29 is 14.7 Å². The van der Waals surface area contributed by atoms with E-state index in [0.717, 1.165) is 17.9 Å². The van der Waals surface area contributed by atoms with Gasteiger partial charge in [0.25, 0.3) is 0 Å². The molecule has 0 aromatic carbocycles. The van der Waals surface area contributed by atoms with E-state index in [-0.39, 0.29) is 12.0 Å². The SMILES string of the molecule is CC(C)[C@H]1C=CCC[C@@H]1N(O)C(=O)OC(C)(C)C. The third-order valence-electron chi connectivity index (χ3n) is 3.10. The summed E-state index contributed by atoms with van der Waals surface area (Å²) in [6.07, 6.45) is 5.20. The Morgan fingerprint density at radius 1 is 1.44 bits per heavy atom. The topological polar surface area (TPSA) is 49.8 Å². The predicted octanol–water partition coefficient (Wildman–Crippen LogP) is 3.60. The van der Waals surface area contributed by atoms with E-state index in [2.05, 4.69) is 26.0 Å². The van der Waals surface area contributed by atoms with Crippen LogP contribution in [0.15, 0.2) is 12.2 Å². The van der Waals surface area contributed by atoms with Crippen molar-refractivity contribution in [2.45, 2.75) is 59.1 Å². The molecular weight excluding hydrogens is 230 g/mol. The van der Waals surface area contributed by atoms with Gasteiger partial charge in [0.05, 0.1) is 6.04 Å². The van der Waals surface area contributed by atoms with Crippen LogP contribution in [0.3, 0.4) is 0 Å². The maximum absolute atomic E-state index is 11.9. The molecule has 2 atom stereocenters. The number of carbonyl (C=O) groups is 1. The highest BCUT2D eigenvalue weighted by Gasteiger charge is 2.34. The first-order chi connectivity index (χ1) is 8.22. The molecule has 4 nitrogen and oxygen atoms in total. The van der Waals surface area contributed by atoms with Crippen molar-refractivity contribution in [3.8, 4) is 0 Å². The Morgan fingerprint density at radius 3 is 2.56 bits per heavy atom. The van der Waals surface area contributed by atoms with E-state index in [1.807, 2.05) is 0 Å². The van der Waals surface area contributed by atoms with Gasteiger partial charge in [-0.05, 0) is 39.5 Å². The number of rotatable bonds is 2. The van der Waals surface area contributed by atoms with Gasteiger partial charge in [0.1, 0.15) is 5.60 Å². The van der Waals surface area contributed by atoms with Crippen LogP contribution < -0.4 is 0 Å². The summed E-state index contributed by atoms with van der Waals surface area (Å²) in [5, 5.41) is 10.8. The third-order valence-corrected chi connectivity index (χ3v) is 3.10. The lowest BCUT2D eigenvalue weighted by atomic mass is 9.82. The Morgan fingerprint density at radius 2 is 2.06 bits per heavy atom. The van der Waals surface area contributed by atoms with Crippen LogP contribution >= 0.6 is 0 Å². The Bertz CT molecular complexity index is 317. The second-order valence-corrected chi connectivity index (χ2v) is 6.22. The molecule has 0 bridgehead atoms. The maximum Gasteiger partial charge on any atom is 0.434 e. The van der Waals surface area contributed by atoms with Crippen LogP contribution in [-0.2, 0) is 4.74 Å². The van der Waals surface area contributed by atoms with Crippen LogP contribution in [0.2, 0.25) is 0 Å². The molecule has 0 aromatic heterocycles. The molecule has 1 amide bonds. The summed E-state index contributed by atoms with van der Waals surface area (Å²) in [4.78, 5) is 11.9. The van der Waals surface area contributed by atoms with E-state index in [1.54, 1.807) is 20.8 Å². The Balaban J connectivity index is 2.73. The van der Waals surface area contributed by atoms with Gasteiger partial charge in [-0.3, -0.25) is 5.21 Å². The van der Waals surface area contributed by atoms with Crippen molar-refractivity contribution in [3.63, 3.8) is 0 Å². The molecule has 0 radical (unpaired) electrons. The molecule has 0 fully saturated rings. The average Bonchev–Trinajstić information content (AvgIpc) is 2.25. The van der Waals surface area contributed by atoms with Crippen molar-refractivity contribution in [1.82, 2.24) is 5.06 Å². The molecule has 1 rings (SSSR count). The molecule has 1 aliphatic rings. The fourth-order valence-electron chi connectivity index (χ4n) is 2.24. The highest BCUT2D eigenvalue weighted by atomic mass is 16.6. The largest absolute Gasteiger partial charge is 0.442 e. The fourth-order valence-corrected chi connectivity index (χ4v) is 2.24. The number of ether oxygens (including phenoxy) is 1. The molecule has 0 spiro atoms. The zero-order valence-electron chi connectivity index (χ0n) is 12.0. The number of hydrogen-bond donors (Lipinski definition) is 1. The minimum Gasteiger partial charge on any atom is -0.442 e. The summed E-state index contributed by atoms with van der Waals surface area (Å²) < 4.78 is 5.19. The zero-order valence-corrected chi connectivity index (χ0v) is 12.0. The third kappa shape index (κ3) is 4.02. The normalized spacial score (nSPS) is 24.2. The highest BCUT2D eigenvalue weighted by Crippen LogP contribution is 2.29. The number of allylic oxidation sites excluding steroid dienone is 1. The van der Waals surface area contributed by atoms with E-state index in [0.29, 0.717) is 5.92 Å². The van der Waals surface area contributed by atoms with Crippen molar-refractivity contribution >= 4 is 6.09 Å². The van der Waals surface area contributed by atoms with Crippen molar-refractivity contribution in [2.75, 3.05) is 0 Å². The molecule has 0 aliphatic heterocycles. The van der Waals surface area contributed by atoms with Crippen LogP contribution in [0.1, 0.15) is 47.5 Å². The highest BCUT2D eigenvalue weighted by molar-refractivity contribution is 5.67. The summed E-state index contributed by atoms with van der Waals surface area (Å²) >= 11 is 0. The average molecular weight is 255 g/mol. The van der Waals surface area contributed by atoms with Crippen molar-refractivity contribution in [2.24, 2.45) is 11.8 Å². The second-order valence-electron chi connectivity index (χ2n) is 6.22. The quantitative estimate of drug-likeness (QED) is 0.466. The minimum absolute atomic E-state index is 0.177. The number of hydroxylamine groups is 2. The lowest BCUT2D eigenvalue weighted by molar-refractivity contribution is -0.133. The van der Waals surface area contributed by atoms with E-state index in [9.17, 15) is 10.0 Å². The number of amides is 1. The lowest BCUT2D eigenvalue weighted by Gasteiger charge is -2.36. The summed E-state index contributed by atoms with van der Waals surface area (Å²) in [7, 11) is 0. The fraction of sp³-hybridized carbons (Fsp3) is 0.786. The van der Waals surface area contributed by atoms with Crippen LogP contribution in [0.25, 0.3) is 0 Å². The smallest absolute Gasteiger partial charge is 0.434 e. The summed E-state index contributed by atoms with van der Waals surface area (Å²) in [5.41, 5.74) is -0.587. The van der Waals surface area contributed by atoms with Crippen LogP contribution in [-0.4, -0.2) is 28.0 Å². The van der Waals surface area contributed by atoms with Crippen molar-refractivity contribution in [3.05, 3.63) is 12.2 Å². The summed E-state index contributed by atoms with van der Waals surface area (Å²) in [6.45, 7) is 9.56. The van der Waals surface area contributed by atoms with Gasteiger partial charge >= 0.3 is 6.09 Å². The number of nitrogens with zero attached hydrogens (tertiary/aromatic N) is 1. The van der Waals surface area contributed by atoms with Crippen LogP contribution in [0.4, 0.5) is 4.79 Å². The molecule has 0 saturated heterocycles. The molecule has 104 valence electrons. The Kier molecular flexibility index (Phi) is 4.79. The molecule has 1 aliphatic carbocycles. The van der Waals surface area contributed by atoms with E-state index in [4.69, 9.17) is 4.74 Å². The monoisotopic (exact) mass is 255 g/mol. The first-order valence-corrected chi connectivity index (χ1v) is 6.60. The van der Waals surface area contributed by atoms with Gasteiger partial charge in [-0.2, -0.15) is 5.06 Å². The van der Waals surface area contributed by atoms with Crippen LogP contribution in [0, 0.1) is 11.8 Å². The summed E-state index contributed by atoms with van der Waals surface area (Å²) in [6, 6.07) is -0.190. The van der Waals surface area contributed by atoms with Crippen LogP contribution in [0.5, 0.6) is 0 Å². The first kappa shape index (κ1) is 15.0. The molecule has 4 heteroatoms. The standard InChI is InChI=1S/C14H25NO3/c1-10(2)11-8-6-7-9-12(11)15(17)13(16)18-14(3,4)5/h6,8,10-12,17H,7,9H2,1-5H3/t11-,12+/m1/s1.